The number of carbonyl (C=O) groups is 1. The van der Waals surface area contributed by atoms with E-state index in [0.29, 0.717) is 5.56 Å². The summed E-state index contributed by atoms with van der Waals surface area (Å²) in [7, 11) is 0. The number of hydrogen-bond acceptors (Lipinski definition) is 4. The van der Waals surface area contributed by atoms with Crippen LogP contribution >= 0.6 is 27.3 Å². The van der Waals surface area contributed by atoms with Crippen LogP contribution in [0.25, 0.3) is 0 Å². The molecule has 0 aliphatic heterocycles. The molecule has 0 aliphatic carbocycles. The van der Waals surface area contributed by atoms with E-state index in [-0.39, 0.29) is 0 Å². The minimum absolute atomic E-state index is 0.421. The number of primary amides is 1. The number of pyridine rings is 1. The Morgan fingerprint density at radius 3 is 2.94 bits per heavy atom. The van der Waals surface area contributed by atoms with Crippen molar-refractivity contribution in [1.29, 1.82) is 0 Å². The smallest absolute Gasteiger partial charge is 0.252 e. The molecule has 0 aromatic carbocycles. The van der Waals surface area contributed by atoms with Gasteiger partial charge in [0.1, 0.15) is 0 Å². The van der Waals surface area contributed by atoms with Crippen LogP contribution in [0.2, 0.25) is 0 Å². The zero-order chi connectivity index (χ0) is 13.0. The summed E-state index contributed by atoms with van der Waals surface area (Å²) in [4.78, 5) is 16.4. The number of nitrogens with two attached hydrogens (primary N) is 1. The molecule has 0 aliphatic rings. The Labute approximate surface area is 117 Å². The van der Waals surface area contributed by atoms with Gasteiger partial charge >= 0.3 is 0 Å². The largest absolute Gasteiger partial charge is 0.384 e. The molecule has 94 valence electrons. The lowest BCUT2D eigenvalue weighted by Gasteiger charge is -2.08. The topological polar surface area (TPSA) is 68.0 Å². The molecule has 3 N–H and O–H groups in total. The Morgan fingerprint density at radius 2 is 2.28 bits per heavy atom. The van der Waals surface area contributed by atoms with E-state index < -0.39 is 5.91 Å². The third-order valence-electron chi connectivity index (χ3n) is 2.40. The van der Waals surface area contributed by atoms with Crippen molar-refractivity contribution >= 4 is 38.9 Å². The molecular weight excluding hydrogens is 314 g/mol. The predicted molar refractivity (Wildman–Crippen MR) is 77.0 cm³/mol. The van der Waals surface area contributed by atoms with Crippen molar-refractivity contribution in [1.82, 2.24) is 4.98 Å². The zero-order valence-electron chi connectivity index (χ0n) is 9.52. The van der Waals surface area contributed by atoms with Crippen LogP contribution in [0.1, 0.15) is 15.2 Å². The van der Waals surface area contributed by atoms with Gasteiger partial charge in [0.05, 0.1) is 15.0 Å². The van der Waals surface area contributed by atoms with Crippen LogP contribution in [0.15, 0.2) is 34.4 Å². The van der Waals surface area contributed by atoms with Crippen LogP contribution in [0.3, 0.4) is 0 Å². The molecule has 0 saturated heterocycles. The average Bonchev–Trinajstić information content (AvgIpc) is 2.75. The van der Waals surface area contributed by atoms with Crippen molar-refractivity contribution in [3.63, 3.8) is 0 Å². The number of anilines is 1. The number of carbonyl (C=O) groups excluding carboxylic acids is 1. The maximum atomic E-state index is 11.2. The first-order valence-corrected chi connectivity index (χ1v) is 6.99. The Bertz CT molecular complexity index is 556. The Morgan fingerprint density at radius 1 is 1.44 bits per heavy atom. The highest BCUT2D eigenvalue weighted by Gasteiger charge is 2.07. The van der Waals surface area contributed by atoms with Gasteiger partial charge in [-0.2, -0.15) is 0 Å². The Balaban J connectivity index is 1.96. The highest BCUT2D eigenvalue weighted by atomic mass is 79.9. The van der Waals surface area contributed by atoms with Crippen LogP contribution < -0.4 is 11.1 Å². The fraction of sp³-hybridized carbons (Fsp3) is 0.167. The molecular formula is C12H12BrN3OS. The van der Waals surface area contributed by atoms with E-state index in [4.69, 9.17) is 5.73 Å². The van der Waals surface area contributed by atoms with Gasteiger partial charge in [-0.05, 0) is 40.5 Å². The summed E-state index contributed by atoms with van der Waals surface area (Å²) in [5, 5.41) is 3.20. The van der Waals surface area contributed by atoms with Gasteiger partial charge in [0.15, 0.2) is 0 Å². The van der Waals surface area contributed by atoms with Gasteiger partial charge in [-0.1, -0.05) is 0 Å². The van der Waals surface area contributed by atoms with E-state index in [9.17, 15) is 4.79 Å². The minimum atomic E-state index is -0.468. The normalized spacial score (nSPS) is 10.3. The van der Waals surface area contributed by atoms with E-state index in [1.54, 1.807) is 23.6 Å². The number of hydrogen-bond donors (Lipinski definition) is 2. The first-order valence-electron chi connectivity index (χ1n) is 5.38. The number of rotatable bonds is 5. The van der Waals surface area contributed by atoms with Gasteiger partial charge in [0.2, 0.25) is 0 Å². The second-order valence-corrected chi connectivity index (χ2v) is 6.22. The van der Waals surface area contributed by atoms with E-state index >= 15 is 0 Å². The third kappa shape index (κ3) is 3.30. The molecule has 4 nitrogen and oxygen atoms in total. The maximum absolute atomic E-state index is 11.2. The molecule has 18 heavy (non-hydrogen) atoms. The highest BCUT2D eigenvalue weighted by Crippen LogP contribution is 2.22. The number of nitrogens with zero attached hydrogens (tertiary/aromatic N) is 1. The van der Waals surface area contributed by atoms with Crippen LogP contribution in [-0.4, -0.2) is 17.4 Å². The highest BCUT2D eigenvalue weighted by molar-refractivity contribution is 9.11. The van der Waals surface area contributed by atoms with E-state index in [1.165, 1.54) is 11.1 Å². The number of nitrogens with one attached hydrogen (secondary N) is 1. The van der Waals surface area contributed by atoms with Crippen molar-refractivity contribution in [3.05, 3.63) is 44.8 Å². The third-order valence-corrected chi connectivity index (χ3v) is 4.09. The predicted octanol–water partition coefficient (Wildman–Crippen LogP) is 2.66. The van der Waals surface area contributed by atoms with E-state index in [1.807, 2.05) is 6.07 Å². The number of thiophene rings is 1. The second kappa shape index (κ2) is 5.97. The summed E-state index contributed by atoms with van der Waals surface area (Å²) in [5.74, 6) is -0.468. The molecule has 1 amide bonds. The van der Waals surface area contributed by atoms with Gasteiger partial charge in [0, 0.05) is 23.8 Å². The first-order chi connectivity index (χ1) is 8.66. The fourth-order valence-electron chi connectivity index (χ4n) is 1.55. The molecule has 0 saturated carbocycles. The van der Waals surface area contributed by atoms with Gasteiger partial charge in [-0.15, -0.1) is 11.3 Å². The van der Waals surface area contributed by atoms with Crippen LogP contribution in [-0.2, 0) is 6.42 Å². The first kappa shape index (κ1) is 13.0. The quantitative estimate of drug-likeness (QED) is 0.888. The molecule has 0 atom stereocenters. The van der Waals surface area contributed by atoms with E-state index in [2.05, 4.69) is 32.3 Å². The van der Waals surface area contributed by atoms with Crippen molar-refractivity contribution < 1.29 is 4.79 Å². The monoisotopic (exact) mass is 325 g/mol. The summed E-state index contributed by atoms with van der Waals surface area (Å²) in [6, 6.07) is 5.86. The Kier molecular flexibility index (Phi) is 4.33. The van der Waals surface area contributed by atoms with Crippen LogP contribution in [0.5, 0.6) is 0 Å². The fourth-order valence-corrected chi connectivity index (χ4v) is 3.03. The SMILES string of the molecule is NC(=O)c1cnccc1NCCc1ccc(Br)s1. The molecule has 0 fully saturated rings. The number of halogens is 1. The maximum Gasteiger partial charge on any atom is 0.252 e. The van der Waals surface area contributed by atoms with Gasteiger partial charge in [-0.3, -0.25) is 9.78 Å². The summed E-state index contributed by atoms with van der Waals surface area (Å²) in [5.41, 5.74) is 6.43. The summed E-state index contributed by atoms with van der Waals surface area (Å²) in [6.45, 7) is 0.747. The van der Waals surface area contributed by atoms with Gasteiger partial charge in [-0.25, -0.2) is 0 Å². The molecule has 0 radical (unpaired) electrons. The summed E-state index contributed by atoms with van der Waals surface area (Å²) >= 11 is 5.13. The molecule has 2 heterocycles. The standard InChI is InChI=1S/C12H12BrN3OS/c13-11-2-1-8(18-11)3-6-16-10-4-5-15-7-9(10)12(14)17/h1-2,4-5,7H,3,6H2,(H2,14,17)(H,15,16). The number of aromatic nitrogens is 1. The molecule has 6 heteroatoms. The molecule has 0 unspecified atom stereocenters. The molecule has 2 rings (SSSR count). The van der Waals surface area contributed by atoms with Crippen molar-refractivity contribution in [3.8, 4) is 0 Å². The lowest BCUT2D eigenvalue weighted by molar-refractivity contribution is 0.100. The van der Waals surface area contributed by atoms with Crippen LogP contribution in [0.4, 0.5) is 5.69 Å². The average molecular weight is 326 g/mol. The number of amides is 1. The van der Waals surface area contributed by atoms with Gasteiger partial charge < -0.3 is 11.1 Å². The molecule has 2 aromatic heterocycles. The second-order valence-electron chi connectivity index (χ2n) is 3.67. The zero-order valence-corrected chi connectivity index (χ0v) is 11.9. The molecule has 0 spiro atoms. The van der Waals surface area contributed by atoms with E-state index in [0.717, 1.165) is 22.4 Å². The molecule has 0 bridgehead atoms. The van der Waals surface area contributed by atoms with Crippen molar-refractivity contribution in [2.24, 2.45) is 5.73 Å². The minimum Gasteiger partial charge on any atom is -0.384 e. The van der Waals surface area contributed by atoms with Crippen LogP contribution in [0, 0.1) is 0 Å². The summed E-state index contributed by atoms with van der Waals surface area (Å²) in [6.07, 6.45) is 4.01. The lowest BCUT2D eigenvalue weighted by Crippen LogP contribution is -2.15. The lowest BCUT2D eigenvalue weighted by atomic mass is 10.2. The Hall–Kier alpha value is -1.40. The molecule has 2 aromatic rings. The summed E-state index contributed by atoms with van der Waals surface area (Å²) < 4.78 is 1.12. The van der Waals surface area contributed by atoms with Crippen molar-refractivity contribution in [2.75, 3.05) is 11.9 Å². The van der Waals surface area contributed by atoms with Gasteiger partial charge in [0.25, 0.3) is 5.91 Å². The van der Waals surface area contributed by atoms with Crippen molar-refractivity contribution in [2.45, 2.75) is 6.42 Å².